The van der Waals surface area contributed by atoms with Crippen molar-refractivity contribution < 1.29 is 29.6 Å². The Labute approximate surface area is 74.7 Å². The molecular formula is C7H12O6. The second-order valence-corrected chi connectivity index (χ2v) is 2.89. The zero-order valence-corrected chi connectivity index (χ0v) is 7.14. The first kappa shape index (κ1) is 10.4. The molecule has 0 aromatic heterocycles. The summed E-state index contributed by atoms with van der Waals surface area (Å²) in [4.78, 5) is 11.0. The van der Waals surface area contributed by atoms with E-state index in [1.54, 1.807) is 0 Å². The summed E-state index contributed by atoms with van der Waals surface area (Å²) in [7, 11) is 1.10. The number of rotatable bonds is 2. The van der Waals surface area contributed by atoms with E-state index in [1.807, 2.05) is 0 Å². The fourth-order valence-corrected chi connectivity index (χ4v) is 1.23. The van der Waals surface area contributed by atoms with Crippen LogP contribution < -0.4 is 0 Å². The highest BCUT2D eigenvalue weighted by Gasteiger charge is 2.54. The van der Waals surface area contributed by atoms with Crippen LogP contribution in [0.5, 0.6) is 0 Å². The van der Waals surface area contributed by atoms with Crippen molar-refractivity contribution in [1.82, 2.24) is 0 Å². The largest absolute Gasteiger partial charge is 0.467 e. The smallest absolute Gasteiger partial charge is 0.343 e. The molecule has 13 heavy (non-hydrogen) atoms. The predicted octanol–water partition coefficient (Wildman–Crippen LogP) is -2.36. The molecule has 76 valence electrons. The van der Waals surface area contributed by atoms with Gasteiger partial charge in [-0.25, -0.2) is 4.79 Å². The predicted molar refractivity (Wildman–Crippen MR) is 39.8 cm³/mol. The summed E-state index contributed by atoms with van der Waals surface area (Å²) in [5.41, 5.74) is -2.05. The van der Waals surface area contributed by atoms with Gasteiger partial charge in [0.05, 0.1) is 20.3 Å². The average molecular weight is 192 g/mol. The van der Waals surface area contributed by atoms with E-state index in [9.17, 15) is 15.0 Å². The van der Waals surface area contributed by atoms with Gasteiger partial charge in [0, 0.05) is 0 Å². The molecule has 0 aromatic carbocycles. The summed E-state index contributed by atoms with van der Waals surface area (Å²) in [5, 5.41) is 27.6. The van der Waals surface area contributed by atoms with Gasteiger partial charge in [-0.1, -0.05) is 0 Å². The molecule has 0 unspecified atom stereocenters. The number of hydrogen-bond acceptors (Lipinski definition) is 6. The highest BCUT2D eigenvalue weighted by atomic mass is 16.6. The summed E-state index contributed by atoms with van der Waals surface area (Å²) in [5.74, 6) is -0.962. The molecule has 1 aliphatic rings. The van der Waals surface area contributed by atoms with Gasteiger partial charge in [0.25, 0.3) is 0 Å². The molecule has 1 rings (SSSR count). The minimum Gasteiger partial charge on any atom is -0.467 e. The lowest BCUT2D eigenvalue weighted by Gasteiger charge is -2.22. The molecular weight excluding hydrogens is 180 g/mol. The topological polar surface area (TPSA) is 96.2 Å². The van der Waals surface area contributed by atoms with Crippen molar-refractivity contribution in [2.75, 3.05) is 20.3 Å². The number of hydrogen-bond donors (Lipinski definition) is 3. The molecule has 0 spiro atoms. The number of carbonyl (C=O) groups excluding carboxylic acids is 1. The van der Waals surface area contributed by atoms with E-state index in [0.717, 1.165) is 7.11 Å². The molecule has 1 aliphatic heterocycles. The second-order valence-electron chi connectivity index (χ2n) is 2.89. The van der Waals surface area contributed by atoms with Crippen LogP contribution in [0.25, 0.3) is 0 Å². The molecule has 1 fully saturated rings. The normalized spacial score (nSPS) is 39.1. The molecule has 3 atom stereocenters. The Hall–Kier alpha value is -0.690. The van der Waals surface area contributed by atoms with Crippen LogP contribution in [-0.2, 0) is 14.3 Å². The highest BCUT2D eigenvalue weighted by Crippen LogP contribution is 2.25. The Morgan fingerprint density at radius 3 is 2.77 bits per heavy atom. The van der Waals surface area contributed by atoms with Crippen molar-refractivity contribution in [3.05, 3.63) is 0 Å². The summed E-state index contributed by atoms with van der Waals surface area (Å²) in [6, 6.07) is 0. The Bertz CT molecular complexity index is 205. The lowest BCUT2D eigenvalue weighted by molar-refractivity contribution is -0.170. The number of methoxy groups -OCH3 is 1. The number of carbonyl (C=O) groups is 1. The first-order valence-corrected chi connectivity index (χ1v) is 3.77. The van der Waals surface area contributed by atoms with Crippen LogP contribution in [-0.4, -0.2) is 59.4 Å². The summed E-state index contributed by atoms with van der Waals surface area (Å²) in [6.07, 6.45) is -2.39. The van der Waals surface area contributed by atoms with Gasteiger partial charge < -0.3 is 24.8 Å². The van der Waals surface area contributed by atoms with Crippen LogP contribution in [0.2, 0.25) is 0 Å². The van der Waals surface area contributed by atoms with Gasteiger partial charge in [-0.2, -0.15) is 0 Å². The number of aliphatic hydroxyl groups is 3. The maximum absolute atomic E-state index is 11.0. The third-order valence-electron chi connectivity index (χ3n) is 2.08. The van der Waals surface area contributed by atoms with Gasteiger partial charge in [-0.05, 0) is 0 Å². The maximum Gasteiger partial charge on any atom is 0.343 e. The van der Waals surface area contributed by atoms with E-state index in [4.69, 9.17) is 9.84 Å². The van der Waals surface area contributed by atoms with Gasteiger partial charge in [0.2, 0.25) is 5.60 Å². The Kier molecular flexibility index (Phi) is 2.87. The molecule has 0 bridgehead atoms. The van der Waals surface area contributed by atoms with Crippen molar-refractivity contribution in [2.45, 2.75) is 17.8 Å². The minimum absolute atomic E-state index is 0.369. The molecule has 0 amide bonds. The Morgan fingerprint density at radius 2 is 2.38 bits per heavy atom. The highest BCUT2D eigenvalue weighted by molar-refractivity contribution is 5.80. The van der Waals surface area contributed by atoms with Crippen molar-refractivity contribution in [3.63, 3.8) is 0 Å². The van der Waals surface area contributed by atoms with E-state index in [1.165, 1.54) is 0 Å². The zero-order valence-electron chi connectivity index (χ0n) is 7.14. The van der Waals surface area contributed by atoms with Crippen molar-refractivity contribution in [2.24, 2.45) is 0 Å². The summed E-state index contributed by atoms with van der Waals surface area (Å²) < 4.78 is 9.09. The Balaban J connectivity index is 2.76. The first-order chi connectivity index (χ1) is 6.06. The SMILES string of the molecule is COC(=O)[C@]1(O)CO[C@H](CO)[C@H]1O. The fourth-order valence-electron chi connectivity index (χ4n) is 1.23. The molecule has 0 aromatic rings. The molecule has 3 N–H and O–H groups in total. The molecule has 6 nitrogen and oxygen atoms in total. The molecule has 6 heteroatoms. The van der Waals surface area contributed by atoms with E-state index in [-0.39, 0.29) is 6.61 Å². The lowest BCUT2D eigenvalue weighted by Crippen LogP contribution is -2.51. The van der Waals surface area contributed by atoms with Crippen LogP contribution in [0.1, 0.15) is 0 Å². The lowest BCUT2D eigenvalue weighted by atomic mass is 9.97. The second kappa shape index (κ2) is 3.59. The van der Waals surface area contributed by atoms with Gasteiger partial charge in [-0.15, -0.1) is 0 Å². The van der Waals surface area contributed by atoms with Gasteiger partial charge in [0.1, 0.15) is 12.2 Å². The van der Waals surface area contributed by atoms with Crippen molar-refractivity contribution in [1.29, 1.82) is 0 Å². The molecule has 0 radical (unpaired) electrons. The summed E-state index contributed by atoms with van der Waals surface area (Å²) >= 11 is 0. The van der Waals surface area contributed by atoms with E-state index >= 15 is 0 Å². The van der Waals surface area contributed by atoms with Gasteiger partial charge >= 0.3 is 5.97 Å². The van der Waals surface area contributed by atoms with Crippen LogP contribution in [0.4, 0.5) is 0 Å². The number of ether oxygens (including phenoxy) is 2. The monoisotopic (exact) mass is 192 g/mol. The zero-order chi connectivity index (χ0) is 10.1. The minimum atomic E-state index is -2.05. The first-order valence-electron chi connectivity index (χ1n) is 3.77. The van der Waals surface area contributed by atoms with E-state index in [2.05, 4.69) is 4.74 Å². The number of esters is 1. The van der Waals surface area contributed by atoms with Gasteiger partial charge in [0.15, 0.2) is 0 Å². The fraction of sp³-hybridized carbons (Fsp3) is 0.857. The van der Waals surface area contributed by atoms with E-state index < -0.39 is 30.4 Å². The van der Waals surface area contributed by atoms with E-state index in [0.29, 0.717) is 0 Å². The maximum atomic E-state index is 11.0. The average Bonchev–Trinajstić information content (AvgIpc) is 2.43. The Morgan fingerprint density at radius 1 is 1.77 bits per heavy atom. The van der Waals surface area contributed by atoms with Crippen molar-refractivity contribution in [3.8, 4) is 0 Å². The molecule has 1 saturated heterocycles. The standard InChI is InChI=1S/C7H12O6/c1-12-6(10)7(11)3-13-4(2-8)5(7)9/h4-5,8-9,11H,2-3H2,1H3/t4-,5-,7+/m1/s1. The van der Waals surface area contributed by atoms with Crippen LogP contribution in [0.3, 0.4) is 0 Å². The van der Waals surface area contributed by atoms with Crippen LogP contribution in [0, 0.1) is 0 Å². The third kappa shape index (κ3) is 1.53. The van der Waals surface area contributed by atoms with Crippen LogP contribution in [0.15, 0.2) is 0 Å². The van der Waals surface area contributed by atoms with Gasteiger partial charge in [-0.3, -0.25) is 0 Å². The quantitative estimate of drug-likeness (QED) is 0.424. The third-order valence-corrected chi connectivity index (χ3v) is 2.08. The molecule has 0 aliphatic carbocycles. The van der Waals surface area contributed by atoms with Crippen LogP contribution >= 0.6 is 0 Å². The molecule has 1 heterocycles. The summed E-state index contributed by atoms with van der Waals surface area (Å²) in [6.45, 7) is -0.827. The number of aliphatic hydroxyl groups excluding tert-OH is 2. The molecule has 0 saturated carbocycles. The van der Waals surface area contributed by atoms with Crippen molar-refractivity contribution >= 4 is 5.97 Å².